The monoisotopic (exact) mass is 318 g/mol. The van der Waals surface area contributed by atoms with Crippen LogP contribution in [0.15, 0.2) is 91.5 Å². The van der Waals surface area contributed by atoms with Gasteiger partial charge in [-0.25, -0.2) is 0 Å². The number of benzene rings is 5. The molecule has 0 aliphatic heterocycles. The Morgan fingerprint density at radius 1 is 0.680 bits per heavy atom. The fourth-order valence-corrected chi connectivity index (χ4v) is 4.13. The van der Waals surface area contributed by atoms with Crippen LogP contribution in [-0.4, -0.2) is 0 Å². The second-order valence-electron chi connectivity index (χ2n) is 6.63. The zero-order chi connectivity index (χ0) is 16.8. The maximum Gasteiger partial charge on any atom is -0.00204 e. The molecule has 0 N–H and O–H groups in total. The maximum atomic E-state index is 3.97. The molecule has 0 spiro atoms. The van der Waals surface area contributed by atoms with Crippen LogP contribution in [0.3, 0.4) is 0 Å². The first-order valence-corrected chi connectivity index (χ1v) is 8.72. The Bertz CT molecular complexity index is 1200. The molecule has 5 rings (SSSR count). The minimum atomic E-state index is 0.876. The van der Waals surface area contributed by atoms with E-state index in [1.807, 2.05) is 6.08 Å². The summed E-state index contributed by atoms with van der Waals surface area (Å²) in [6.07, 6.45) is 2.88. The Hall–Kier alpha value is -3.12. The lowest BCUT2D eigenvalue weighted by Gasteiger charge is -2.17. The first-order chi connectivity index (χ1) is 12.4. The first-order valence-electron chi connectivity index (χ1n) is 8.72. The smallest absolute Gasteiger partial charge is 0.00204 e. The molecule has 0 atom stereocenters. The van der Waals surface area contributed by atoms with Crippen molar-refractivity contribution in [3.8, 4) is 11.1 Å². The lowest BCUT2D eigenvalue weighted by Crippen LogP contribution is -1.93. The van der Waals surface area contributed by atoms with Crippen LogP contribution >= 0.6 is 0 Å². The van der Waals surface area contributed by atoms with Crippen molar-refractivity contribution >= 4 is 32.3 Å². The molecule has 0 saturated heterocycles. The molecule has 0 saturated carbocycles. The van der Waals surface area contributed by atoms with E-state index in [0.29, 0.717) is 0 Å². The van der Waals surface area contributed by atoms with E-state index in [4.69, 9.17) is 0 Å². The standard InChI is InChI=1S/C25H18/c1-2-7-20-16-21-13-12-18-10-6-11-19-14-15-22(25(21)24(18)19)23(20)17-8-4-3-5-9-17/h2-6,8-16H,1,7H2. The predicted molar refractivity (Wildman–Crippen MR) is 109 cm³/mol. The van der Waals surface area contributed by atoms with E-state index in [1.54, 1.807) is 0 Å². The van der Waals surface area contributed by atoms with Crippen molar-refractivity contribution in [3.63, 3.8) is 0 Å². The van der Waals surface area contributed by atoms with Gasteiger partial charge in [0.15, 0.2) is 0 Å². The third kappa shape index (κ3) is 2.08. The fourth-order valence-electron chi connectivity index (χ4n) is 4.13. The molecular formula is C25H18. The largest absolute Gasteiger partial charge is 0.103 e. The highest BCUT2D eigenvalue weighted by Gasteiger charge is 2.15. The average molecular weight is 318 g/mol. The van der Waals surface area contributed by atoms with Gasteiger partial charge in [0.1, 0.15) is 0 Å². The number of rotatable bonds is 3. The molecule has 0 heteroatoms. The van der Waals surface area contributed by atoms with E-state index in [-0.39, 0.29) is 0 Å². The van der Waals surface area contributed by atoms with E-state index < -0.39 is 0 Å². The minimum absolute atomic E-state index is 0.876. The highest BCUT2D eigenvalue weighted by Crippen LogP contribution is 2.41. The van der Waals surface area contributed by atoms with Crippen LogP contribution in [0.1, 0.15) is 5.56 Å². The van der Waals surface area contributed by atoms with Crippen LogP contribution in [0.25, 0.3) is 43.4 Å². The topological polar surface area (TPSA) is 0 Å². The average Bonchev–Trinajstić information content (AvgIpc) is 2.67. The van der Waals surface area contributed by atoms with Gasteiger partial charge in [-0.15, -0.1) is 6.58 Å². The summed E-state index contributed by atoms with van der Waals surface area (Å²) in [5.41, 5.74) is 3.95. The molecule has 0 aliphatic rings. The summed E-state index contributed by atoms with van der Waals surface area (Å²) in [4.78, 5) is 0. The summed E-state index contributed by atoms with van der Waals surface area (Å²) >= 11 is 0. The highest BCUT2D eigenvalue weighted by atomic mass is 14.2. The summed E-state index contributed by atoms with van der Waals surface area (Å²) in [5, 5.41) is 8.03. The second kappa shape index (κ2) is 5.46. The van der Waals surface area contributed by atoms with Gasteiger partial charge >= 0.3 is 0 Å². The molecule has 25 heavy (non-hydrogen) atoms. The minimum Gasteiger partial charge on any atom is -0.103 e. The van der Waals surface area contributed by atoms with Crippen LogP contribution < -0.4 is 0 Å². The van der Waals surface area contributed by atoms with Crippen molar-refractivity contribution in [2.75, 3.05) is 0 Å². The molecule has 0 nitrogen and oxygen atoms in total. The Balaban J connectivity index is 2.02. The zero-order valence-corrected chi connectivity index (χ0v) is 14.0. The third-order valence-electron chi connectivity index (χ3n) is 5.16. The van der Waals surface area contributed by atoms with Gasteiger partial charge in [0.2, 0.25) is 0 Å². The molecule has 0 aliphatic carbocycles. The maximum absolute atomic E-state index is 3.97. The molecule has 0 aromatic heterocycles. The van der Waals surface area contributed by atoms with E-state index >= 15 is 0 Å². The van der Waals surface area contributed by atoms with Gasteiger partial charge in [-0.2, -0.15) is 0 Å². The summed E-state index contributed by atoms with van der Waals surface area (Å²) in [7, 11) is 0. The summed E-state index contributed by atoms with van der Waals surface area (Å²) < 4.78 is 0. The first kappa shape index (κ1) is 14.2. The summed E-state index contributed by atoms with van der Waals surface area (Å²) in [5.74, 6) is 0. The van der Waals surface area contributed by atoms with E-state index in [0.717, 1.165) is 6.42 Å². The van der Waals surface area contributed by atoms with Gasteiger partial charge in [0.25, 0.3) is 0 Å². The van der Waals surface area contributed by atoms with Gasteiger partial charge in [-0.3, -0.25) is 0 Å². The molecular weight excluding hydrogens is 300 g/mol. The van der Waals surface area contributed by atoms with Gasteiger partial charge < -0.3 is 0 Å². The quantitative estimate of drug-likeness (QED) is 0.249. The van der Waals surface area contributed by atoms with Crippen molar-refractivity contribution in [3.05, 3.63) is 97.1 Å². The van der Waals surface area contributed by atoms with Crippen molar-refractivity contribution in [2.24, 2.45) is 0 Å². The third-order valence-corrected chi connectivity index (χ3v) is 5.16. The SMILES string of the molecule is C=CCc1cc2ccc3cccc4ccc(c1-c1ccccc1)c2c34. The number of hydrogen-bond donors (Lipinski definition) is 0. The predicted octanol–water partition coefficient (Wildman–Crippen LogP) is 6.98. The number of hydrogen-bond acceptors (Lipinski definition) is 0. The Labute approximate surface area is 147 Å². The Kier molecular flexibility index (Phi) is 3.11. The van der Waals surface area contributed by atoms with Crippen LogP contribution in [0.5, 0.6) is 0 Å². The molecule has 0 heterocycles. The normalized spacial score (nSPS) is 11.5. The van der Waals surface area contributed by atoms with Gasteiger partial charge in [0, 0.05) is 0 Å². The molecule has 5 aromatic rings. The lowest BCUT2D eigenvalue weighted by atomic mass is 9.86. The van der Waals surface area contributed by atoms with Gasteiger partial charge in [-0.1, -0.05) is 84.9 Å². The molecule has 0 amide bonds. The van der Waals surface area contributed by atoms with Crippen molar-refractivity contribution < 1.29 is 0 Å². The fraction of sp³-hybridized carbons (Fsp3) is 0.0400. The lowest BCUT2D eigenvalue weighted by molar-refractivity contribution is 1.30. The van der Waals surface area contributed by atoms with Crippen molar-refractivity contribution in [1.29, 1.82) is 0 Å². The molecule has 118 valence electrons. The Morgan fingerprint density at radius 3 is 2.16 bits per heavy atom. The molecule has 0 bridgehead atoms. The highest BCUT2D eigenvalue weighted by molar-refractivity contribution is 6.25. The van der Waals surface area contributed by atoms with Crippen molar-refractivity contribution in [2.45, 2.75) is 6.42 Å². The van der Waals surface area contributed by atoms with Gasteiger partial charge in [0.05, 0.1) is 0 Å². The molecule has 5 aromatic carbocycles. The van der Waals surface area contributed by atoms with E-state index in [1.165, 1.54) is 49.0 Å². The van der Waals surface area contributed by atoms with Crippen LogP contribution in [0, 0.1) is 0 Å². The van der Waals surface area contributed by atoms with Crippen LogP contribution in [-0.2, 0) is 6.42 Å². The van der Waals surface area contributed by atoms with E-state index in [9.17, 15) is 0 Å². The molecule has 0 unspecified atom stereocenters. The summed E-state index contributed by atoms with van der Waals surface area (Å²) in [6.45, 7) is 3.97. The van der Waals surface area contributed by atoms with Crippen molar-refractivity contribution in [1.82, 2.24) is 0 Å². The summed E-state index contributed by atoms with van der Waals surface area (Å²) in [6, 6.07) is 28.7. The van der Waals surface area contributed by atoms with E-state index in [2.05, 4.69) is 85.4 Å². The van der Waals surface area contributed by atoms with Crippen LogP contribution in [0.2, 0.25) is 0 Å². The zero-order valence-electron chi connectivity index (χ0n) is 14.0. The Morgan fingerprint density at radius 2 is 1.40 bits per heavy atom. The van der Waals surface area contributed by atoms with Crippen LogP contribution in [0.4, 0.5) is 0 Å². The molecule has 0 fully saturated rings. The molecule has 0 radical (unpaired) electrons. The number of allylic oxidation sites excluding steroid dienone is 1. The second-order valence-corrected chi connectivity index (χ2v) is 6.63. The van der Waals surface area contributed by atoms with Gasteiger partial charge in [-0.05, 0) is 55.4 Å².